The van der Waals surface area contributed by atoms with Gasteiger partial charge in [0.25, 0.3) is 0 Å². The molecule has 0 unspecified atom stereocenters. The van der Waals surface area contributed by atoms with Crippen LogP contribution in [0.3, 0.4) is 0 Å². The molecule has 5 heteroatoms. The Morgan fingerprint density at radius 1 is 1.42 bits per heavy atom. The van der Waals surface area contributed by atoms with Crippen LogP contribution in [0, 0.1) is 0 Å². The molecular weight excluding hydrogens is 262 g/mol. The van der Waals surface area contributed by atoms with Crippen LogP contribution in [0.1, 0.15) is 11.1 Å². The first-order valence-electron chi connectivity index (χ1n) is 6.23. The van der Waals surface area contributed by atoms with E-state index in [4.69, 9.17) is 16.3 Å². The molecule has 0 saturated heterocycles. The van der Waals surface area contributed by atoms with Crippen LogP contribution in [0.2, 0.25) is 5.02 Å². The first-order valence-corrected chi connectivity index (χ1v) is 6.61. The van der Waals surface area contributed by atoms with Crippen molar-refractivity contribution in [2.24, 2.45) is 7.05 Å². The van der Waals surface area contributed by atoms with E-state index in [0.717, 1.165) is 29.8 Å². The summed E-state index contributed by atoms with van der Waals surface area (Å²) in [5.41, 5.74) is 2.23. The van der Waals surface area contributed by atoms with Crippen LogP contribution in [0.4, 0.5) is 0 Å². The topological polar surface area (TPSA) is 39.1 Å². The second-order valence-corrected chi connectivity index (χ2v) is 4.79. The Kier molecular flexibility index (Phi) is 4.82. The third-order valence-corrected chi connectivity index (χ3v) is 3.11. The van der Waals surface area contributed by atoms with Crippen LogP contribution in [-0.2, 0) is 20.0 Å². The van der Waals surface area contributed by atoms with Crippen molar-refractivity contribution >= 4 is 11.6 Å². The third-order valence-electron chi connectivity index (χ3n) is 2.81. The van der Waals surface area contributed by atoms with Crippen molar-refractivity contribution in [2.75, 3.05) is 13.7 Å². The number of benzene rings is 1. The Balaban J connectivity index is 1.98. The van der Waals surface area contributed by atoms with Gasteiger partial charge < -0.3 is 10.1 Å². The summed E-state index contributed by atoms with van der Waals surface area (Å²) < 4.78 is 7.61. The second-order valence-electron chi connectivity index (χ2n) is 4.38. The summed E-state index contributed by atoms with van der Waals surface area (Å²) in [6.07, 6.45) is 4.66. The zero-order valence-corrected chi connectivity index (χ0v) is 11.9. The molecule has 2 rings (SSSR count). The molecule has 0 aliphatic heterocycles. The van der Waals surface area contributed by atoms with Crippen molar-refractivity contribution in [1.82, 2.24) is 15.1 Å². The van der Waals surface area contributed by atoms with Gasteiger partial charge in [0.2, 0.25) is 0 Å². The van der Waals surface area contributed by atoms with Gasteiger partial charge in [-0.1, -0.05) is 23.7 Å². The average molecular weight is 280 g/mol. The first-order chi connectivity index (χ1) is 9.20. The first kappa shape index (κ1) is 13.9. The van der Waals surface area contributed by atoms with Gasteiger partial charge in [-0.15, -0.1) is 0 Å². The molecule has 0 fully saturated rings. The Hall–Kier alpha value is -1.52. The number of ether oxygens (including phenoxy) is 1. The molecular formula is C14H18ClN3O. The normalized spacial score (nSPS) is 10.7. The van der Waals surface area contributed by atoms with Crippen molar-refractivity contribution in [3.8, 4) is 5.75 Å². The number of para-hydroxylation sites is 1. The zero-order chi connectivity index (χ0) is 13.7. The molecule has 1 aromatic carbocycles. The number of halogens is 1. The lowest BCUT2D eigenvalue weighted by Crippen LogP contribution is -2.09. The molecule has 102 valence electrons. The third kappa shape index (κ3) is 3.72. The summed E-state index contributed by atoms with van der Waals surface area (Å²) in [4.78, 5) is 0. The smallest absolute Gasteiger partial charge is 0.142 e. The van der Waals surface area contributed by atoms with Gasteiger partial charge in [0.1, 0.15) is 5.75 Å². The van der Waals surface area contributed by atoms with E-state index in [1.165, 1.54) is 0 Å². The van der Waals surface area contributed by atoms with E-state index in [1.807, 2.05) is 44.7 Å². The van der Waals surface area contributed by atoms with Crippen LogP contribution in [0.15, 0.2) is 30.6 Å². The molecule has 1 heterocycles. The molecule has 4 nitrogen and oxygen atoms in total. The number of hydrogen-bond acceptors (Lipinski definition) is 3. The van der Waals surface area contributed by atoms with Gasteiger partial charge in [-0.3, -0.25) is 4.68 Å². The van der Waals surface area contributed by atoms with Gasteiger partial charge in [0, 0.05) is 31.8 Å². The monoisotopic (exact) mass is 279 g/mol. The highest BCUT2D eigenvalue weighted by atomic mass is 35.5. The minimum absolute atomic E-state index is 0.589. The predicted molar refractivity (Wildman–Crippen MR) is 76.6 cm³/mol. The molecule has 2 aromatic rings. The molecule has 0 amide bonds. The maximum Gasteiger partial charge on any atom is 0.142 e. The summed E-state index contributed by atoms with van der Waals surface area (Å²) in [5.74, 6) is 0.766. The van der Waals surface area contributed by atoms with Gasteiger partial charge in [0.15, 0.2) is 0 Å². The van der Waals surface area contributed by atoms with Crippen molar-refractivity contribution < 1.29 is 4.74 Å². The maximum atomic E-state index is 6.18. The summed E-state index contributed by atoms with van der Waals surface area (Å²) in [5, 5.41) is 7.89. The van der Waals surface area contributed by atoms with Gasteiger partial charge >= 0.3 is 0 Å². The molecule has 0 bridgehead atoms. The number of aryl methyl sites for hydroxylation is 1. The van der Waals surface area contributed by atoms with Crippen molar-refractivity contribution in [3.05, 3.63) is 46.7 Å². The largest absolute Gasteiger partial charge is 0.491 e. The quantitative estimate of drug-likeness (QED) is 0.883. The fourth-order valence-corrected chi connectivity index (χ4v) is 2.17. The summed E-state index contributed by atoms with van der Waals surface area (Å²) in [6.45, 7) is 1.33. The predicted octanol–water partition coefficient (Wildman–Crippen LogP) is 2.41. The van der Waals surface area contributed by atoms with E-state index in [0.29, 0.717) is 11.6 Å². The molecule has 0 radical (unpaired) electrons. The number of hydrogen-bond donors (Lipinski definition) is 1. The lowest BCUT2D eigenvalue weighted by Gasteiger charge is -2.12. The minimum atomic E-state index is 0.589. The zero-order valence-electron chi connectivity index (χ0n) is 11.2. The van der Waals surface area contributed by atoms with Crippen molar-refractivity contribution in [3.63, 3.8) is 0 Å². The van der Waals surface area contributed by atoms with Crippen LogP contribution in [-0.4, -0.2) is 23.4 Å². The minimum Gasteiger partial charge on any atom is -0.491 e. The van der Waals surface area contributed by atoms with E-state index in [9.17, 15) is 0 Å². The summed E-state index contributed by atoms with van der Waals surface area (Å²) >= 11 is 6.18. The number of nitrogens with one attached hydrogen (secondary N) is 1. The Labute approximate surface area is 118 Å². The van der Waals surface area contributed by atoms with Gasteiger partial charge in [-0.25, -0.2) is 0 Å². The lowest BCUT2D eigenvalue weighted by molar-refractivity contribution is 0.318. The fraction of sp³-hybridized carbons (Fsp3) is 0.357. The van der Waals surface area contributed by atoms with E-state index in [2.05, 4.69) is 10.4 Å². The van der Waals surface area contributed by atoms with E-state index >= 15 is 0 Å². The Bertz CT molecular complexity index is 539. The Morgan fingerprint density at radius 2 is 2.26 bits per heavy atom. The fourth-order valence-electron chi connectivity index (χ4n) is 1.92. The van der Waals surface area contributed by atoms with Crippen molar-refractivity contribution in [2.45, 2.75) is 13.0 Å². The molecule has 1 N–H and O–H groups in total. The lowest BCUT2D eigenvalue weighted by atomic mass is 10.2. The van der Waals surface area contributed by atoms with E-state index in [-0.39, 0.29) is 0 Å². The second kappa shape index (κ2) is 6.59. The molecule has 19 heavy (non-hydrogen) atoms. The highest BCUT2D eigenvalue weighted by Gasteiger charge is 2.08. The van der Waals surface area contributed by atoms with Crippen LogP contribution in [0.5, 0.6) is 5.75 Å². The van der Waals surface area contributed by atoms with Gasteiger partial charge in [-0.05, 0) is 18.7 Å². The summed E-state index contributed by atoms with van der Waals surface area (Å²) in [6, 6.07) is 5.80. The molecule has 0 saturated carbocycles. The summed E-state index contributed by atoms with van der Waals surface area (Å²) in [7, 11) is 3.81. The van der Waals surface area contributed by atoms with Crippen LogP contribution >= 0.6 is 11.6 Å². The van der Waals surface area contributed by atoms with Crippen molar-refractivity contribution in [1.29, 1.82) is 0 Å². The average Bonchev–Trinajstić information content (AvgIpc) is 2.79. The van der Waals surface area contributed by atoms with E-state index < -0.39 is 0 Å². The molecule has 0 spiro atoms. The number of rotatable bonds is 6. The maximum absolute atomic E-state index is 6.18. The van der Waals surface area contributed by atoms with E-state index in [1.54, 1.807) is 4.68 Å². The number of aromatic nitrogens is 2. The number of nitrogens with zero attached hydrogens (tertiary/aromatic N) is 2. The SMILES string of the molecule is CNCc1cccc(Cl)c1OCCc1cnn(C)c1. The molecule has 1 aromatic heterocycles. The highest BCUT2D eigenvalue weighted by molar-refractivity contribution is 6.32. The van der Waals surface area contributed by atoms with Crippen LogP contribution < -0.4 is 10.1 Å². The molecule has 0 atom stereocenters. The van der Waals surface area contributed by atoms with Gasteiger partial charge in [-0.2, -0.15) is 5.10 Å². The Morgan fingerprint density at radius 3 is 2.95 bits per heavy atom. The molecule has 0 aliphatic rings. The standard InChI is InChI=1S/C14H18ClN3O/c1-16-9-12-4-3-5-13(15)14(12)19-7-6-11-8-17-18(2)10-11/h3-5,8,10,16H,6-7,9H2,1-2H3. The molecule has 0 aliphatic carbocycles. The van der Waals surface area contributed by atoms with Crippen LogP contribution in [0.25, 0.3) is 0 Å². The van der Waals surface area contributed by atoms with Gasteiger partial charge in [0.05, 0.1) is 17.8 Å². The highest BCUT2D eigenvalue weighted by Crippen LogP contribution is 2.28.